The van der Waals surface area contributed by atoms with Crippen LogP contribution in [0.1, 0.15) is 78.1 Å². The molecule has 0 aliphatic rings. The Hall–Kier alpha value is 0.340. The van der Waals surface area contributed by atoms with Crippen molar-refractivity contribution in [1.82, 2.24) is 0 Å². The van der Waals surface area contributed by atoms with Crippen LogP contribution in [-0.4, -0.2) is 0 Å². The van der Waals surface area contributed by atoms with Crippen LogP contribution in [0.2, 0.25) is 0 Å². The molecule has 0 bridgehead atoms. The van der Waals surface area contributed by atoms with Crippen molar-refractivity contribution in [2.24, 2.45) is 0 Å². The number of hydrogen-bond donors (Lipinski definition) is 0. The van der Waals surface area contributed by atoms with Gasteiger partial charge in [0.2, 0.25) is 0 Å². The van der Waals surface area contributed by atoms with Crippen molar-refractivity contribution in [2.75, 3.05) is 0 Å². The summed E-state index contributed by atoms with van der Waals surface area (Å²) >= 11 is 0. The van der Waals surface area contributed by atoms with Crippen molar-refractivity contribution in [3.8, 4) is 0 Å². The molecule has 2 heteroatoms. The van der Waals surface area contributed by atoms with Gasteiger partial charge in [0.1, 0.15) is 0 Å². The van der Waals surface area contributed by atoms with E-state index in [1.165, 1.54) is 64.2 Å². The van der Waals surface area contributed by atoms with Gasteiger partial charge in [0, 0.05) is 0 Å². The Morgan fingerprint density at radius 3 is 2.00 bits per heavy atom. The molecule has 0 rings (SSSR count). The fourth-order valence-electron chi connectivity index (χ4n) is 1.88. The monoisotopic (exact) mass is 288 g/mol. The van der Waals surface area contributed by atoms with E-state index in [-0.39, 0.29) is 8.27 Å². The molecule has 0 fully saturated rings. The zero-order valence-electron chi connectivity index (χ0n) is 12.6. The molecule has 0 spiro atoms. The predicted molar refractivity (Wildman–Crippen MR) is 95.2 cm³/mol. The Kier molecular flexibility index (Phi) is 17.7. The molecule has 0 saturated carbocycles. The van der Waals surface area contributed by atoms with E-state index in [1.807, 2.05) is 0 Å². The number of unbranched alkanes of at least 4 members (excludes halogenated alkanes) is 8. The van der Waals surface area contributed by atoms with Crippen molar-refractivity contribution in [3.05, 3.63) is 23.8 Å². The molecular formula is C16H34P2. The van der Waals surface area contributed by atoms with Crippen LogP contribution in [0.4, 0.5) is 0 Å². The van der Waals surface area contributed by atoms with Crippen molar-refractivity contribution < 1.29 is 0 Å². The molecule has 0 aromatic rings. The molecule has 0 aromatic heterocycles. The molecule has 0 aromatic carbocycles. The molecule has 1 unspecified atom stereocenters. The Morgan fingerprint density at radius 1 is 0.778 bits per heavy atom. The van der Waals surface area contributed by atoms with Crippen molar-refractivity contribution in [2.45, 2.75) is 78.1 Å². The molecular weight excluding hydrogens is 254 g/mol. The number of allylic oxidation sites excluding steroid dienone is 2. The minimum absolute atomic E-state index is 0.0884. The summed E-state index contributed by atoms with van der Waals surface area (Å²) < 4.78 is 0. The second-order valence-electron chi connectivity index (χ2n) is 4.98. The van der Waals surface area contributed by atoms with E-state index in [1.54, 1.807) is 0 Å². The maximum absolute atomic E-state index is 2.51. The third-order valence-corrected chi connectivity index (χ3v) is 6.48. The Morgan fingerprint density at radius 2 is 1.39 bits per heavy atom. The van der Waals surface area contributed by atoms with Gasteiger partial charge < -0.3 is 0 Å². The predicted octanol–water partition coefficient (Wildman–Crippen LogP) is 6.69. The standard InChI is InChI=1S/C16H34P2/c1-3-5-7-9-11-13-15-17-18-16-14-12-10-8-6-4-2/h13-17H,3-12H2,1-2,18H3/b15-13+,16-14+. The average Bonchev–Trinajstić information content (AvgIpc) is 2.39. The van der Waals surface area contributed by atoms with Gasteiger partial charge in [-0.05, 0) is 0 Å². The van der Waals surface area contributed by atoms with Crippen LogP contribution >= 0.6 is 16.5 Å². The van der Waals surface area contributed by atoms with E-state index in [4.69, 9.17) is 0 Å². The third kappa shape index (κ3) is 16.3. The average molecular weight is 288 g/mol. The van der Waals surface area contributed by atoms with Crippen molar-refractivity contribution >= 4 is 16.5 Å². The first-order valence-corrected chi connectivity index (χ1v) is 12.2. The summed E-state index contributed by atoms with van der Waals surface area (Å²) in [6.07, 6.45) is 18.6. The zero-order valence-corrected chi connectivity index (χ0v) is 15.0. The van der Waals surface area contributed by atoms with Gasteiger partial charge in [-0.15, -0.1) is 0 Å². The SMILES string of the molecule is CCCCCC/C=C/P[PH3]/C=C/CCCCCC. The van der Waals surface area contributed by atoms with Crippen LogP contribution in [0.15, 0.2) is 23.8 Å². The summed E-state index contributed by atoms with van der Waals surface area (Å²) in [4.78, 5) is 0. The van der Waals surface area contributed by atoms with Crippen LogP contribution in [0.25, 0.3) is 0 Å². The Balaban J connectivity index is 3.13. The van der Waals surface area contributed by atoms with Crippen molar-refractivity contribution in [1.29, 1.82) is 0 Å². The second-order valence-corrected chi connectivity index (χ2v) is 9.05. The molecule has 108 valence electrons. The summed E-state index contributed by atoms with van der Waals surface area (Å²) in [5, 5.41) is 0. The first kappa shape index (κ1) is 18.3. The van der Waals surface area contributed by atoms with E-state index in [2.05, 4.69) is 37.6 Å². The molecule has 0 amide bonds. The summed E-state index contributed by atoms with van der Waals surface area (Å²) in [5.74, 6) is 4.95. The quantitative estimate of drug-likeness (QED) is 0.261. The van der Waals surface area contributed by atoms with Crippen LogP contribution in [0, 0.1) is 0 Å². The third-order valence-electron chi connectivity index (χ3n) is 3.09. The van der Waals surface area contributed by atoms with E-state index >= 15 is 0 Å². The van der Waals surface area contributed by atoms with Gasteiger partial charge in [0.05, 0.1) is 0 Å². The van der Waals surface area contributed by atoms with Gasteiger partial charge in [0.25, 0.3) is 0 Å². The molecule has 0 aliphatic heterocycles. The topological polar surface area (TPSA) is 0 Å². The molecule has 0 heterocycles. The van der Waals surface area contributed by atoms with Crippen molar-refractivity contribution in [3.63, 3.8) is 0 Å². The summed E-state index contributed by atoms with van der Waals surface area (Å²) in [7, 11) is 1.22. The van der Waals surface area contributed by atoms with Gasteiger partial charge in [-0.2, -0.15) is 0 Å². The fourth-order valence-corrected chi connectivity index (χ4v) is 4.71. The maximum atomic E-state index is 2.51. The summed E-state index contributed by atoms with van der Waals surface area (Å²) in [5.41, 5.74) is 0. The van der Waals surface area contributed by atoms with Gasteiger partial charge in [-0.1, -0.05) is 0 Å². The molecule has 1 atom stereocenters. The fraction of sp³-hybridized carbons (Fsp3) is 0.750. The molecule has 0 N–H and O–H groups in total. The molecule has 0 saturated heterocycles. The minimum atomic E-state index is 0.0884. The molecule has 0 aliphatic carbocycles. The van der Waals surface area contributed by atoms with E-state index in [9.17, 15) is 0 Å². The van der Waals surface area contributed by atoms with Gasteiger partial charge >= 0.3 is 118 Å². The normalized spacial score (nSPS) is 12.8. The van der Waals surface area contributed by atoms with Gasteiger partial charge in [0.15, 0.2) is 0 Å². The first-order valence-electron chi connectivity index (χ1n) is 7.95. The van der Waals surface area contributed by atoms with E-state index < -0.39 is 0 Å². The van der Waals surface area contributed by atoms with E-state index in [0.717, 1.165) is 8.27 Å². The van der Waals surface area contributed by atoms with Crippen LogP contribution in [0.5, 0.6) is 0 Å². The number of hydrogen-bond acceptors (Lipinski definition) is 0. The Labute approximate surface area is 119 Å². The molecule has 18 heavy (non-hydrogen) atoms. The van der Waals surface area contributed by atoms with Crippen LogP contribution in [0.3, 0.4) is 0 Å². The summed E-state index contributed by atoms with van der Waals surface area (Å²) in [6.45, 7) is 4.55. The summed E-state index contributed by atoms with van der Waals surface area (Å²) in [6, 6.07) is 0. The molecule has 0 radical (unpaired) electrons. The zero-order chi connectivity index (χ0) is 13.3. The van der Waals surface area contributed by atoms with Crippen LogP contribution < -0.4 is 0 Å². The first-order chi connectivity index (χ1) is 8.91. The Bertz CT molecular complexity index is 175. The second kappa shape index (κ2) is 17.3. The van der Waals surface area contributed by atoms with Gasteiger partial charge in [-0.25, -0.2) is 0 Å². The molecule has 0 nitrogen and oxygen atoms in total. The van der Waals surface area contributed by atoms with E-state index in [0.29, 0.717) is 0 Å². The van der Waals surface area contributed by atoms with Crippen LogP contribution in [-0.2, 0) is 0 Å². The number of rotatable bonds is 13. The van der Waals surface area contributed by atoms with Gasteiger partial charge in [-0.3, -0.25) is 0 Å².